The van der Waals surface area contributed by atoms with E-state index >= 15 is 0 Å². The summed E-state index contributed by atoms with van der Waals surface area (Å²) in [4.78, 5) is 27.2. The number of piperidine rings is 1. The standard InChI is InChI=1S/C20H26N2O2/c1-13-10-15(14(2)23)16-12-18(21(5)19(24)17(16)11-13)22-8-6-20(3,4)7-9-22/h10-12H,6-9H2,1-5H3. The van der Waals surface area contributed by atoms with Crippen LogP contribution in [0.4, 0.5) is 5.82 Å². The third-order valence-corrected chi connectivity index (χ3v) is 5.30. The summed E-state index contributed by atoms with van der Waals surface area (Å²) in [6, 6.07) is 5.78. The molecule has 24 heavy (non-hydrogen) atoms. The number of fused-ring (bicyclic) bond motifs is 1. The SMILES string of the molecule is CC(=O)c1cc(C)cc2c(=O)n(C)c(N3CCC(C)(C)CC3)cc12. The van der Waals surface area contributed by atoms with Crippen molar-refractivity contribution in [3.8, 4) is 0 Å². The Morgan fingerprint density at radius 3 is 2.29 bits per heavy atom. The maximum atomic E-state index is 12.9. The zero-order chi connectivity index (χ0) is 17.6. The van der Waals surface area contributed by atoms with Crippen LogP contribution in [0, 0.1) is 12.3 Å². The molecule has 128 valence electrons. The van der Waals surface area contributed by atoms with Gasteiger partial charge in [0, 0.05) is 36.5 Å². The molecule has 1 aliphatic heterocycles. The summed E-state index contributed by atoms with van der Waals surface area (Å²) < 4.78 is 1.73. The second kappa shape index (κ2) is 5.76. The molecule has 1 fully saturated rings. The predicted octanol–water partition coefficient (Wildman–Crippen LogP) is 3.68. The molecule has 4 nitrogen and oxygen atoms in total. The van der Waals surface area contributed by atoms with Gasteiger partial charge in [-0.05, 0) is 55.9 Å². The van der Waals surface area contributed by atoms with E-state index < -0.39 is 0 Å². The number of benzene rings is 1. The maximum absolute atomic E-state index is 12.9. The highest BCUT2D eigenvalue weighted by molar-refractivity contribution is 6.07. The number of anilines is 1. The van der Waals surface area contributed by atoms with Crippen LogP contribution in [0.5, 0.6) is 0 Å². The van der Waals surface area contributed by atoms with Gasteiger partial charge in [-0.2, -0.15) is 0 Å². The van der Waals surface area contributed by atoms with Gasteiger partial charge in [0.25, 0.3) is 5.56 Å². The monoisotopic (exact) mass is 326 g/mol. The lowest BCUT2D eigenvalue weighted by Crippen LogP contribution is -2.40. The van der Waals surface area contributed by atoms with Crippen molar-refractivity contribution in [3.63, 3.8) is 0 Å². The zero-order valence-electron chi connectivity index (χ0n) is 15.3. The molecule has 0 atom stereocenters. The molecule has 1 aliphatic rings. The number of aryl methyl sites for hydroxylation is 1. The van der Waals surface area contributed by atoms with Gasteiger partial charge in [-0.15, -0.1) is 0 Å². The fraction of sp³-hybridized carbons (Fsp3) is 0.500. The van der Waals surface area contributed by atoms with Crippen molar-refractivity contribution >= 4 is 22.4 Å². The largest absolute Gasteiger partial charge is 0.358 e. The summed E-state index contributed by atoms with van der Waals surface area (Å²) in [5.41, 5.74) is 1.91. The Bertz CT molecular complexity index is 867. The lowest BCUT2D eigenvalue weighted by Gasteiger charge is -2.38. The van der Waals surface area contributed by atoms with E-state index in [0.717, 1.165) is 42.7 Å². The second-order valence-electron chi connectivity index (χ2n) is 7.85. The Morgan fingerprint density at radius 2 is 1.71 bits per heavy atom. The fourth-order valence-corrected chi connectivity index (χ4v) is 3.58. The highest BCUT2D eigenvalue weighted by Crippen LogP contribution is 2.33. The summed E-state index contributed by atoms with van der Waals surface area (Å²) in [6.07, 6.45) is 2.21. The molecule has 0 amide bonds. The van der Waals surface area contributed by atoms with E-state index in [4.69, 9.17) is 0 Å². The molecule has 0 aliphatic carbocycles. The van der Waals surface area contributed by atoms with Crippen LogP contribution in [-0.2, 0) is 7.05 Å². The second-order valence-corrected chi connectivity index (χ2v) is 7.85. The molecule has 3 rings (SSSR count). The van der Waals surface area contributed by atoms with Gasteiger partial charge in [0.1, 0.15) is 5.82 Å². The van der Waals surface area contributed by atoms with Crippen molar-refractivity contribution in [2.75, 3.05) is 18.0 Å². The number of carbonyl (C=O) groups excluding carboxylic acids is 1. The minimum atomic E-state index is -0.0291. The Labute approximate surface area is 143 Å². The first-order valence-corrected chi connectivity index (χ1v) is 8.60. The van der Waals surface area contributed by atoms with Crippen LogP contribution in [-0.4, -0.2) is 23.4 Å². The minimum Gasteiger partial charge on any atom is -0.358 e. The van der Waals surface area contributed by atoms with Gasteiger partial charge in [0.05, 0.1) is 0 Å². The normalized spacial score (nSPS) is 17.3. The van der Waals surface area contributed by atoms with Crippen LogP contribution in [0.15, 0.2) is 23.0 Å². The number of Topliss-reactive ketones (excluding diaryl/α,β-unsaturated/α-hetero) is 1. The molecule has 0 radical (unpaired) electrons. The summed E-state index contributed by atoms with van der Waals surface area (Å²) in [7, 11) is 1.83. The first-order valence-electron chi connectivity index (χ1n) is 8.60. The fourth-order valence-electron chi connectivity index (χ4n) is 3.58. The van der Waals surface area contributed by atoms with Gasteiger partial charge in [0.2, 0.25) is 0 Å². The first kappa shape index (κ1) is 16.7. The van der Waals surface area contributed by atoms with Crippen molar-refractivity contribution in [2.24, 2.45) is 12.5 Å². The number of hydrogen-bond acceptors (Lipinski definition) is 3. The summed E-state index contributed by atoms with van der Waals surface area (Å²) >= 11 is 0. The Morgan fingerprint density at radius 1 is 1.08 bits per heavy atom. The molecule has 1 aromatic heterocycles. The summed E-state index contributed by atoms with van der Waals surface area (Å²) in [5.74, 6) is 0.914. The number of pyridine rings is 1. The number of nitrogens with zero attached hydrogens (tertiary/aromatic N) is 2. The molecule has 2 heterocycles. The Hall–Kier alpha value is -2.10. The molecule has 0 unspecified atom stereocenters. The van der Waals surface area contributed by atoms with Crippen LogP contribution < -0.4 is 10.5 Å². The molecule has 1 saturated heterocycles. The molecular formula is C20H26N2O2. The van der Waals surface area contributed by atoms with Crippen molar-refractivity contribution in [1.29, 1.82) is 0 Å². The van der Waals surface area contributed by atoms with Crippen molar-refractivity contribution < 1.29 is 4.79 Å². The van der Waals surface area contributed by atoms with Gasteiger partial charge < -0.3 is 4.90 Å². The van der Waals surface area contributed by atoms with Crippen LogP contribution in [0.3, 0.4) is 0 Å². The molecule has 1 aromatic carbocycles. The molecular weight excluding hydrogens is 300 g/mol. The Kier molecular flexibility index (Phi) is 4.02. The smallest absolute Gasteiger partial charge is 0.259 e. The average Bonchev–Trinajstić information content (AvgIpc) is 2.51. The predicted molar refractivity (Wildman–Crippen MR) is 99.2 cm³/mol. The van der Waals surface area contributed by atoms with E-state index in [1.54, 1.807) is 11.5 Å². The summed E-state index contributed by atoms with van der Waals surface area (Å²) in [6.45, 7) is 9.95. The third-order valence-electron chi connectivity index (χ3n) is 5.30. The minimum absolute atomic E-state index is 0.00248. The van der Waals surface area contributed by atoms with E-state index in [0.29, 0.717) is 16.4 Å². The molecule has 0 bridgehead atoms. The van der Waals surface area contributed by atoms with Crippen LogP contribution >= 0.6 is 0 Å². The number of aromatic nitrogens is 1. The van der Waals surface area contributed by atoms with E-state index in [1.807, 2.05) is 32.2 Å². The van der Waals surface area contributed by atoms with E-state index in [1.165, 1.54) is 0 Å². The molecule has 4 heteroatoms. The lowest BCUT2D eigenvalue weighted by atomic mass is 9.82. The van der Waals surface area contributed by atoms with E-state index in [9.17, 15) is 9.59 Å². The summed E-state index contributed by atoms with van der Waals surface area (Å²) in [5, 5.41) is 1.40. The number of carbonyl (C=O) groups is 1. The topological polar surface area (TPSA) is 42.3 Å². The van der Waals surface area contributed by atoms with Gasteiger partial charge in [-0.1, -0.05) is 13.8 Å². The van der Waals surface area contributed by atoms with Gasteiger partial charge in [0.15, 0.2) is 5.78 Å². The van der Waals surface area contributed by atoms with E-state index in [-0.39, 0.29) is 11.3 Å². The number of rotatable bonds is 2. The van der Waals surface area contributed by atoms with E-state index in [2.05, 4.69) is 18.7 Å². The molecule has 0 spiro atoms. The number of hydrogen-bond donors (Lipinski definition) is 0. The van der Waals surface area contributed by atoms with Crippen molar-refractivity contribution in [2.45, 2.75) is 40.5 Å². The maximum Gasteiger partial charge on any atom is 0.259 e. The van der Waals surface area contributed by atoms with Crippen LogP contribution in [0.2, 0.25) is 0 Å². The quantitative estimate of drug-likeness (QED) is 0.791. The van der Waals surface area contributed by atoms with Gasteiger partial charge in [-0.25, -0.2) is 0 Å². The lowest BCUT2D eigenvalue weighted by molar-refractivity contribution is 0.101. The average molecular weight is 326 g/mol. The van der Waals surface area contributed by atoms with Crippen molar-refractivity contribution in [1.82, 2.24) is 4.57 Å². The van der Waals surface area contributed by atoms with Gasteiger partial charge in [-0.3, -0.25) is 14.2 Å². The molecule has 0 saturated carbocycles. The highest BCUT2D eigenvalue weighted by Gasteiger charge is 2.27. The molecule has 0 N–H and O–H groups in total. The number of ketones is 1. The first-order chi connectivity index (χ1) is 11.2. The molecule has 2 aromatic rings. The van der Waals surface area contributed by atoms with Crippen molar-refractivity contribution in [3.05, 3.63) is 39.7 Å². The third kappa shape index (κ3) is 2.85. The van der Waals surface area contributed by atoms with Crippen LogP contribution in [0.25, 0.3) is 10.8 Å². The Balaban J connectivity index is 2.18. The van der Waals surface area contributed by atoms with Crippen LogP contribution in [0.1, 0.15) is 49.5 Å². The zero-order valence-corrected chi connectivity index (χ0v) is 15.3. The van der Waals surface area contributed by atoms with Gasteiger partial charge >= 0.3 is 0 Å². The highest BCUT2D eigenvalue weighted by atomic mass is 16.1.